The number of ether oxygens (including phenoxy) is 1. The van der Waals surface area contributed by atoms with Crippen LogP contribution in [0.5, 0.6) is 5.88 Å². The van der Waals surface area contributed by atoms with Crippen molar-refractivity contribution >= 4 is 5.97 Å². The zero-order valence-electron chi connectivity index (χ0n) is 13.1. The van der Waals surface area contributed by atoms with Gasteiger partial charge in [0.05, 0.1) is 24.7 Å². The fraction of sp³-hybridized carbons (Fsp3) is 0.167. The van der Waals surface area contributed by atoms with Crippen LogP contribution in [-0.4, -0.2) is 33.0 Å². The SMILES string of the molecule is COc1ccc(-n2nc(C(=O)O)c3c2-c2ccccc2CC3)cn1. The number of carboxylic acids is 1. The lowest BCUT2D eigenvalue weighted by Gasteiger charge is -2.18. The number of rotatable bonds is 3. The Morgan fingerprint density at radius 2 is 2.04 bits per heavy atom. The number of fused-ring (bicyclic) bond motifs is 3. The van der Waals surface area contributed by atoms with E-state index >= 15 is 0 Å². The average Bonchev–Trinajstić information content (AvgIpc) is 3.02. The molecule has 0 unspecified atom stereocenters. The monoisotopic (exact) mass is 321 g/mol. The van der Waals surface area contributed by atoms with Gasteiger partial charge in [0.25, 0.3) is 0 Å². The molecule has 1 aliphatic carbocycles. The minimum Gasteiger partial charge on any atom is -0.481 e. The molecule has 1 aliphatic rings. The first-order valence-corrected chi connectivity index (χ1v) is 7.63. The van der Waals surface area contributed by atoms with Crippen molar-refractivity contribution in [2.45, 2.75) is 12.8 Å². The number of benzene rings is 1. The van der Waals surface area contributed by atoms with E-state index in [1.807, 2.05) is 24.3 Å². The summed E-state index contributed by atoms with van der Waals surface area (Å²) in [4.78, 5) is 15.8. The molecule has 1 aromatic carbocycles. The molecule has 1 N–H and O–H groups in total. The van der Waals surface area contributed by atoms with Crippen LogP contribution in [0.3, 0.4) is 0 Å². The number of aromatic carboxylic acids is 1. The molecular formula is C18H15N3O3. The smallest absolute Gasteiger partial charge is 0.356 e. The lowest BCUT2D eigenvalue weighted by Crippen LogP contribution is -2.08. The number of aromatic nitrogens is 3. The number of hydrogen-bond acceptors (Lipinski definition) is 4. The zero-order valence-corrected chi connectivity index (χ0v) is 13.1. The Labute approximate surface area is 138 Å². The van der Waals surface area contributed by atoms with Gasteiger partial charge >= 0.3 is 5.97 Å². The Bertz CT molecular complexity index is 929. The molecule has 0 spiro atoms. The molecule has 0 saturated carbocycles. The summed E-state index contributed by atoms with van der Waals surface area (Å²) in [6, 6.07) is 11.6. The van der Waals surface area contributed by atoms with Crippen LogP contribution in [0, 0.1) is 0 Å². The van der Waals surface area contributed by atoms with Crippen molar-refractivity contribution in [2.75, 3.05) is 7.11 Å². The molecule has 0 atom stereocenters. The van der Waals surface area contributed by atoms with E-state index in [0.29, 0.717) is 18.0 Å². The van der Waals surface area contributed by atoms with Crippen LogP contribution >= 0.6 is 0 Å². The lowest BCUT2D eigenvalue weighted by molar-refractivity contribution is 0.0688. The Kier molecular flexibility index (Phi) is 3.30. The van der Waals surface area contributed by atoms with Gasteiger partial charge in [-0.05, 0) is 24.5 Å². The molecule has 6 heteroatoms. The highest BCUT2D eigenvalue weighted by Gasteiger charge is 2.28. The van der Waals surface area contributed by atoms with Crippen LogP contribution in [0.15, 0.2) is 42.6 Å². The molecule has 2 aromatic heterocycles. The van der Waals surface area contributed by atoms with Gasteiger partial charge in [-0.1, -0.05) is 24.3 Å². The van der Waals surface area contributed by atoms with Gasteiger partial charge in [-0.15, -0.1) is 0 Å². The Morgan fingerprint density at radius 1 is 1.21 bits per heavy atom. The van der Waals surface area contributed by atoms with E-state index in [2.05, 4.69) is 16.1 Å². The standard InChI is InChI=1S/C18H15N3O3/c1-24-15-9-7-12(10-19-15)21-17-13-5-3-2-4-11(13)6-8-14(17)16(20-21)18(22)23/h2-5,7,9-10H,6,8H2,1H3,(H,22,23). The van der Waals surface area contributed by atoms with E-state index < -0.39 is 5.97 Å². The number of carboxylic acid groups (broad SMARTS) is 1. The third-order valence-electron chi connectivity index (χ3n) is 4.28. The summed E-state index contributed by atoms with van der Waals surface area (Å²) in [6.07, 6.45) is 3.11. The molecule has 120 valence electrons. The molecule has 6 nitrogen and oxygen atoms in total. The van der Waals surface area contributed by atoms with Gasteiger partial charge in [0, 0.05) is 17.2 Å². The highest BCUT2D eigenvalue weighted by molar-refractivity contribution is 5.91. The number of nitrogens with zero attached hydrogens (tertiary/aromatic N) is 3. The van der Waals surface area contributed by atoms with E-state index in [1.54, 1.807) is 24.1 Å². The highest BCUT2D eigenvalue weighted by Crippen LogP contribution is 2.36. The summed E-state index contributed by atoms with van der Waals surface area (Å²) in [7, 11) is 1.55. The third kappa shape index (κ3) is 2.15. The molecule has 24 heavy (non-hydrogen) atoms. The van der Waals surface area contributed by atoms with Crippen LogP contribution in [0.4, 0.5) is 0 Å². The van der Waals surface area contributed by atoms with Gasteiger partial charge < -0.3 is 9.84 Å². The van der Waals surface area contributed by atoms with Crippen LogP contribution in [0.25, 0.3) is 16.9 Å². The maximum absolute atomic E-state index is 11.6. The second-order valence-corrected chi connectivity index (χ2v) is 5.61. The fourth-order valence-corrected chi connectivity index (χ4v) is 3.17. The number of methoxy groups -OCH3 is 1. The average molecular weight is 321 g/mol. The number of carbonyl (C=O) groups is 1. The van der Waals surface area contributed by atoms with Gasteiger partial charge in [-0.2, -0.15) is 5.10 Å². The number of pyridine rings is 1. The van der Waals surface area contributed by atoms with Crippen LogP contribution < -0.4 is 4.74 Å². The second kappa shape index (κ2) is 5.49. The Balaban J connectivity index is 1.97. The molecule has 0 saturated heterocycles. The Hall–Kier alpha value is -3.15. The summed E-state index contributed by atoms with van der Waals surface area (Å²) in [6.45, 7) is 0. The van der Waals surface area contributed by atoms with Gasteiger partial charge in [0.15, 0.2) is 5.69 Å². The minimum atomic E-state index is -1.01. The van der Waals surface area contributed by atoms with Crippen molar-refractivity contribution < 1.29 is 14.6 Å². The second-order valence-electron chi connectivity index (χ2n) is 5.61. The topological polar surface area (TPSA) is 77.2 Å². The van der Waals surface area contributed by atoms with Crippen molar-refractivity contribution in [3.8, 4) is 22.8 Å². The van der Waals surface area contributed by atoms with Gasteiger partial charge in [0.1, 0.15) is 0 Å². The third-order valence-corrected chi connectivity index (χ3v) is 4.28. The zero-order chi connectivity index (χ0) is 16.7. The molecule has 4 rings (SSSR count). The number of hydrogen-bond donors (Lipinski definition) is 1. The first-order chi connectivity index (χ1) is 11.7. The van der Waals surface area contributed by atoms with Crippen molar-refractivity contribution in [3.05, 3.63) is 59.4 Å². The van der Waals surface area contributed by atoms with E-state index in [-0.39, 0.29) is 5.69 Å². The van der Waals surface area contributed by atoms with Crippen LogP contribution in [0.2, 0.25) is 0 Å². The van der Waals surface area contributed by atoms with E-state index in [1.165, 1.54) is 5.56 Å². The first kappa shape index (κ1) is 14.4. The van der Waals surface area contributed by atoms with Gasteiger partial charge in [0.2, 0.25) is 5.88 Å². The van der Waals surface area contributed by atoms with Gasteiger partial charge in [-0.25, -0.2) is 14.5 Å². The van der Waals surface area contributed by atoms with Gasteiger partial charge in [-0.3, -0.25) is 0 Å². The normalized spacial score (nSPS) is 12.4. The molecule has 0 radical (unpaired) electrons. The predicted octanol–water partition coefficient (Wildman–Crippen LogP) is 2.74. The van der Waals surface area contributed by atoms with Crippen molar-refractivity contribution in [2.24, 2.45) is 0 Å². The van der Waals surface area contributed by atoms with E-state index in [0.717, 1.165) is 23.2 Å². The summed E-state index contributed by atoms with van der Waals surface area (Å²) in [5.74, 6) is -0.510. The van der Waals surface area contributed by atoms with E-state index in [4.69, 9.17) is 4.74 Å². The maximum Gasteiger partial charge on any atom is 0.356 e. The summed E-state index contributed by atoms with van der Waals surface area (Å²) in [5, 5.41) is 13.9. The molecule has 0 fully saturated rings. The first-order valence-electron chi connectivity index (χ1n) is 7.63. The minimum absolute atomic E-state index is 0.107. The largest absolute Gasteiger partial charge is 0.481 e. The van der Waals surface area contributed by atoms with Crippen LogP contribution in [0.1, 0.15) is 21.6 Å². The highest BCUT2D eigenvalue weighted by atomic mass is 16.5. The maximum atomic E-state index is 11.6. The van der Waals surface area contributed by atoms with Crippen molar-refractivity contribution in [3.63, 3.8) is 0 Å². The molecule has 0 aliphatic heterocycles. The number of aryl methyl sites for hydroxylation is 1. The molecule has 0 amide bonds. The summed E-state index contributed by atoms with van der Waals surface area (Å²) in [5.41, 5.74) is 4.64. The predicted molar refractivity (Wildman–Crippen MR) is 87.7 cm³/mol. The van der Waals surface area contributed by atoms with E-state index in [9.17, 15) is 9.90 Å². The summed E-state index contributed by atoms with van der Waals surface area (Å²) < 4.78 is 6.75. The van der Waals surface area contributed by atoms with Crippen molar-refractivity contribution in [1.29, 1.82) is 0 Å². The fourth-order valence-electron chi connectivity index (χ4n) is 3.17. The molecular weight excluding hydrogens is 306 g/mol. The lowest BCUT2D eigenvalue weighted by atomic mass is 9.89. The van der Waals surface area contributed by atoms with Crippen LogP contribution in [-0.2, 0) is 12.8 Å². The Morgan fingerprint density at radius 3 is 2.75 bits per heavy atom. The van der Waals surface area contributed by atoms with Crippen molar-refractivity contribution in [1.82, 2.24) is 14.8 Å². The molecule has 2 heterocycles. The molecule has 3 aromatic rings. The summed E-state index contributed by atoms with van der Waals surface area (Å²) >= 11 is 0. The molecule has 0 bridgehead atoms. The quantitative estimate of drug-likeness (QED) is 0.802.